The zero-order chi connectivity index (χ0) is 29.2. The number of carbonyl (C=O) groups is 4. The normalized spacial score (nSPS) is 11.0. The Morgan fingerprint density at radius 2 is 0.805 bits per heavy atom. The molecule has 208 valence electrons. The van der Waals surface area contributed by atoms with Crippen LogP contribution in [0.25, 0.3) is 0 Å². The highest BCUT2D eigenvalue weighted by Crippen LogP contribution is 2.33. The number of esters is 2. The molecule has 4 aromatic rings. The Morgan fingerprint density at radius 1 is 0.488 bits per heavy atom. The molecule has 0 N–H and O–H groups in total. The Labute approximate surface area is 239 Å². The van der Waals surface area contributed by atoms with Gasteiger partial charge in [-0.2, -0.15) is 0 Å². The summed E-state index contributed by atoms with van der Waals surface area (Å²) in [7, 11) is 0. The van der Waals surface area contributed by atoms with Gasteiger partial charge in [-0.25, -0.2) is 0 Å². The van der Waals surface area contributed by atoms with Crippen LogP contribution >= 0.6 is 0 Å². The van der Waals surface area contributed by atoms with Crippen LogP contribution in [0.15, 0.2) is 109 Å². The van der Waals surface area contributed by atoms with E-state index in [1.165, 1.54) is 0 Å². The average molecular weight is 549 g/mol. The van der Waals surface area contributed by atoms with Gasteiger partial charge in [-0.3, -0.25) is 19.2 Å². The average Bonchev–Trinajstić information content (AvgIpc) is 3.02. The van der Waals surface area contributed by atoms with E-state index in [2.05, 4.69) is 0 Å². The van der Waals surface area contributed by atoms with Gasteiger partial charge in [-0.15, -0.1) is 0 Å². The van der Waals surface area contributed by atoms with Crippen LogP contribution in [-0.2, 0) is 31.9 Å². The minimum atomic E-state index is -1.66. The van der Waals surface area contributed by atoms with E-state index in [0.717, 1.165) is 0 Å². The predicted molar refractivity (Wildman–Crippen MR) is 156 cm³/mol. The zero-order valence-electron chi connectivity index (χ0n) is 23.2. The maximum Gasteiger partial charge on any atom is 0.324 e. The fourth-order valence-corrected chi connectivity index (χ4v) is 4.73. The fraction of sp³-hybridized carbons (Fsp3) is 0.200. The van der Waals surface area contributed by atoms with Gasteiger partial charge in [0.1, 0.15) is 0 Å². The highest BCUT2D eigenvalue weighted by atomic mass is 16.6. The van der Waals surface area contributed by atoms with Crippen molar-refractivity contribution in [1.29, 1.82) is 0 Å². The summed E-state index contributed by atoms with van der Waals surface area (Å²) in [5.74, 6) is -1.62. The molecule has 41 heavy (non-hydrogen) atoms. The maximum atomic E-state index is 13.5. The van der Waals surface area contributed by atoms with Crippen LogP contribution in [0.5, 0.6) is 0 Å². The molecular formula is C35H32O6. The fourth-order valence-electron chi connectivity index (χ4n) is 4.73. The molecular weight excluding hydrogens is 516 g/mol. The number of ketones is 2. The van der Waals surface area contributed by atoms with E-state index in [9.17, 15) is 19.2 Å². The molecule has 4 rings (SSSR count). The molecule has 0 atom stereocenters. The van der Waals surface area contributed by atoms with Crippen LogP contribution in [0, 0.1) is 5.41 Å². The maximum absolute atomic E-state index is 13.5. The van der Waals surface area contributed by atoms with Crippen LogP contribution in [0.1, 0.15) is 56.8 Å². The lowest BCUT2D eigenvalue weighted by Crippen LogP contribution is -2.45. The first-order valence-electron chi connectivity index (χ1n) is 13.6. The number of hydrogen-bond acceptors (Lipinski definition) is 6. The molecule has 0 amide bonds. The largest absolute Gasteiger partial charge is 0.465 e. The van der Waals surface area contributed by atoms with Crippen molar-refractivity contribution in [3.8, 4) is 0 Å². The van der Waals surface area contributed by atoms with Gasteiger partial charge in [0.2, 0.25) is 0 Å². The third-order valence-electron chi connectivity index (χ3n) is 6.85. The van der Waals surface area contributed by atoms with Gasteiger partial charge in [0.05, 0.1) is 13.2 Å². The summed E-state index contributed by atoms with van der Waals surface area (Å²) in [5.41, 5.74) is 1.82. The first-order chi connectivity index (χ1) is 19.9. The smallest absolute Gasteiger partial charge is 0.324 e. The summed E-state index contributed by atoms with van der Waals surface area (Å²) in [6.07, 6.45) is 0.0182. The second-order valence-corrected chi connectivity index (χ2v) is 9.66. The summed E-state index contributed by atoms with van der Waals surface area (Å²) in [6.45, 7) is 3.55. The van der Waals surface area contributed by atoms with Crippen molar-refractivity contribution in [2.75, 3.05) is 13.2 Å². The first kappa shape index (κ1) is 29.2. The number of carbonyl (C=O) groups excluding carboxylic acids is 4. The molecule has 0 spiro atoms. The van der Waals surface area contributed by atoms with Gasteiger partial charge in [-0.05, 0) is 37.8 Å². The lowest BCUT2D eigenvalue weighted by atomic mass is 9.76. The number of hydrogen-bond donors (Lipinski definition) is 0. The molecule has 0 aliphatic carbocycles. The molecule has 0 aliphatic heterocycles. The highest BCUT2D eigenvalue weighted by molar-refractivity contribution is 6.09. The Hall–Kier alpha value is -4.84. The van der Waals surface area contributed by atoms with Gasteiger partial charge in [0.15, 0.2) is 17.0 Å². The van der Waals surface area contributed by atoms with Crippen LogP contribution in [0.2, 0.25) is 0 Å². The van der Waals surface area contributed by atoms with Crippen molar-refractivity contribution in [1.82, 2.24) is 0 Å². The summed E-state index contributed by atoms with van der Waals surface area (Å²) in [6, 6.07) is 31.6. The van der Waals surface area contributed by atoms with Crippen molar-refractivity contribution in [2.45, 2.75) is 26.7 Å². The van der Waals surface area contributed by atoms with Gasteiger partial charge in [0.25, 0.3) is 0 Å². The molecule has 6 heteroatoms. The van der Waals surface area contributed by atoms with E-state index in [0.29, 0.717) is 33.4 Å². The Morgan fingerprint density at radius 3 is 1.12 bits per heavy atom. The quantitative estimate of drug-likeness (QED) is 0.122. The minimum Gasteiger partial charge on any atom is -0.465 e. The van der Waals surface area contributed by atoms with Crippen LogP contribution in [-0.4, -0.2) is 36.7 Å². The van der Waals surface area contributed by atoms with Crippen molar-refractivity contribution in [3.05, 3.63) is 143 Å². The van der Waals surface area contributed by atoms with Crippen LogP contribution in [0.3, 0.4) is 0 Å². The summed E-state index contributed by atoms with van der Waals surface area (Å²) < 4.78 is 10.8. The van der Waals surface area contributed by atoms with E-state index in [4.69, 9.17) is 9.47 Å². The van der Waals surface area contributed by atoms with Crippen molar-refractivity contribution >= 4 is 23.5 Å². The minimum absolute atomic E-state index is 0.00910. The molecule has 0 aromatic heterocycles. The zero-order valence-corrected chi connectivity index (χ0v) is 23.2. The van der Waals surface area contributed by atoms with Crippen LogP contribution < -0.4 is 0 Å². The lowest BCUT2D eigenvalue weighted by molar-refractivity contribution is -0.172. The van der Waals surface area contributed by atoms with E-state index < -0.39 is 17.4 Å². The molecule has 0 unspecified atom stereocenters. The molecule has 0 saturated heterocycles. The Balaban J connectivity index is 1.64. The Kier molecular flexibility index (Phi) is 9.59. The first-order valence-corrected chi connectivity index (χ1v) is 13.6. The number of rotatable bonds is 12. The number of benzene rings is 4. The van der Waals surface area contributed by atoms with Crippen molar-refractivity contribution in [2.24, 2.45) is 5.41 Å². The standard InChI is InChI=1S/C35H32O6/c1-3-40-33(38)35(34(39)41-4-2,23-25-15-19-29(20-16-25)31(36)27-11-7-5-8-12-27)24-26-17-21-30(22-18-26)32(37)28-13-9-6-10-14-28/h5-22H,3-4,23-24H2,1-2H3. The number of ether oxygens (including phenoxy) is 2. The molecule has 0 saturated carbocycles. The molecule has 0 radical (unpaired) electrons. The molecule has 0 aliphatic rings. The predicted octanol–water partition coefficient (Wildman–Crippen LogP) is 6.05. The van der Waals surface area contributed by atoms with E-state index in [1.54, 1.807) is 111 Å². The van der Waals surface area contributed by atoms with Crippen LogP contribution in [0.4, 0.5) is 0 Å². The third-order valence-corrected chi connectivity index (χ3v) is 6.85. The second-order valence-electron chi connectivity index (χ2n) is 9.66. The summed E-state index contributed by atoms with van der Waals surface area (Å²) in [5, 5.41) is 0. The summed E-state index contributed by atoms with van der Waals surface area (Å²) in [4.78, 5) is 52.7. The van der Waals surface area contributed by atoms with Gasteiger partial charge < -0.3 is 9.47 Å². The van der Waals surface area contributed by atoms with E-state index in [1.807, 2.05) is 12.1 Å². The molecule has 0 bridgehead atoms. The second kappa shape index (κ2) is 13.5. The molecule has 0 fully saturated rings. The van der Waals surface area contributed by atoms with E-state index >= 15 is 0 Å². The van der Waals surface area contributed by atoms with Gasteiger partial charge in [-0.1, -0.05) is 109 Å². The topological polar surface area (TPSA) is 86.7 Å². The summed E-state index contributed by atoms with van der Waals surface area (Å²) >= 11 is 0. The third kappa shape index (κ3) is 6.84. The van der Waals surface area contributed by atoms with E-state index in [-0.39, 0.29) is 37.6 Å². The van der Waals surface area contributed by atoms with Crippen molar-refractivity contribution < 1.29 is 28.7 Å². The Bertz CT molecular complexity index is 1370. The van der Waals surface area contributed by atoms with Gasteiger partial charge in [0, 0.05) is 22.3 Å². The molecule has 6 nitrogen and oxygen atoms in total. The monoisotopic (exact) mass is 548 g/mol. The highest BCUT2D eigenvalue weighted by Gasteiger charge is 2.49. The SMILES string of the molecule is CCOC(=O)C(Cc1ccc(C(=O)c2ccccc2)cc1)(Cc1ccc(C(=O)c2ccccc2)cc1)C(=O)OCC. The van der Waals surface area contributed by atoms with Gasteiger partial charge >= 0.3 is 11.9 Å². The lowest BCUT2D eigenvalue weighted by Gasteiger charge is -2.29. The van der Waals surface area contributed by atoms with Crippen molar-refractivity contribution in [3.63, 3.8) is 0 Å². The molecule has 0 heterocycles. The molecule has 4 aromatic carbocycles.